The summed E-state index contributed by atoms with van der Waals surface area (Å²) in [5, 5.41) is 0. The predicted molar refractivity (Wildman–Crippen MR) is 39.9 cm³/mol. The van der Waals surface area contributed by atoms with E-state index < -0.39 is 0 Å². The molecule has 10 heavy (non-hydrogen) atoms. The molecule has 0 spiro atoms. The van der Waals surface area contributed by atoms with E-state index in [0.717, 1.165) is 0 Å². The fourth-order valence-electron chi connectivity index (χ4n) is 0.680. The van der Waals surface area contributed by atoms with Crippen LogP contribution in [-0.2, 0) is 9.47 Å². The molecule has 56 valence electrons. The lowest BCUT2D eigenvalue weighted by atomic mass is 10.5. The Balaban J connectivity index is 2.22. The molecule has 0 atom stereocenters. The maximum atomic E-state index is 5.18. The van der Waals surface area contributed by atoms with E-state index in [1.807, 2.05) is 24.3 Å². The van der Waals surface area contributed by atoms with Crippen LogP contribution in [-0.4, -0.2) is 26.4 Å². The topological polar surface area (TPSA) is 18.5 Å². The number of ether oxygens (including phenoxy) is 2. The molecule has 0 unspecified atom stereocenters. The SMILES string of the molecule is C1=C\COC/C=C\COC/1. The minimum atomic E-state index is 0.688. The van der Waals surface area contributed by atoms with Crippen molar-refractivity contribution >= 4 is 0 Å². The number of rotatable bonds is 0. The maximum absolute atomic E-state index is 5.18. The zero-order chi connectivity index (χ0) is 7.07. The molecule has 2 heteroatoms. The van der Waals surface area contributed by atoms with Gasteiger partial charge < -0.3 is 9.47 Å². The van der Waals surface area contributed by atoms with Crippen LogP contribution in [0.4, 0.5) is 0 Å². The van der Waals surface area contributed by atoms with Crippen molar-refractivity contribution in [3.05, 3.63) is 24.3 Å². The van der Waals surface area contributed by atoms with Crippen molar-refractivity contribution in [1.82, 2.24) is 0 Å². The predicted octanol–water partition coefficient (Wildman–Crippen LogP) is 1.15. The zero-order valence-electron chi connectivity index (χ0n) is 5.95. The van der Waals surface area contributed by atoms with Gasteiger partial charge in [0.1, 0.15) is 0 Å². The van der Waals surface area contributed by atoms with E-state index in [0.29, 0.717) is 26.4 Å². The standard InChI is InChI=1S/C8H12O2/c1-2-6-10-8-4-3-7-9-5-1/h1-4H,5-8H2/b2-1-,4-3-. The molecule has 2 nitrogen and oxygen atoms in total. The van der Waals surface area contributed by atoms with Crippen molar-refractivity contribution < 1.29 is 9.47 Å². The lowest BCUT2D eigenvalue weighted by molar-refractivity contribution is 0.176. The fourth-order valence-corrected chi connectivity index (χ4v) is 0.680. The second kappa shape index (κ2) is 5.21. The summed E-state index contributed by atoms with van der Waals surface area (Å²) >= 11 is 0. The Hall–Kier alpha value is -0.600. The molecule has 0 aliphatic carbocycles. The molecule has 0 saturated heterocycles. The summed E-state index contributed by atoms with van der Waals surface area (Å²) in [6.07, 6.45) is 7.89. The smallest absolute Gasteiger partial charge is 0.0652 e. The van der Waals surface area contributed by atoms with Crippen LogP contribution in [0.2, 0.25) is 0 Å². The molecule has 0 saturated carbocycles. The van der Waals surface area contributed by atoms with Crippen LogP contribution in [0.5, 0.6) is 0 Å². The Bertz CT molecular complexity index is 99.2. The van der Waals surface area contributed by atoms with Crippen molar-refractivity contribution in [2.24, 2.45) is 0 Å². The molecule has 0 aromatic heterocycles. The highest BCUT2D eigenvalue weighted by atomic mass is 16.5. The van der Waals surface area contributed by atoms with Crippen LogP contribution in [0.1, 0.15) is 0 Å². The van der Waals surface area contributed by atoms with E-state index in [1.54, 1.807) is 0 Å². The number of hydrogen-bond acceptors (Lipinski definition) is 2. The zero-order valence-corrected chi connectivity index (χ0v) is 5.95. The Morgan fingerprint density at radius 3 is 1.20 bits per heavy atom. The summed E-state index contributed by atoms with van der Waals surface area (Å²) in [5.41, 5.74) is 0. The van der Waals surface area contributed by atoms with Gasteiger partial charge in [0.2, 0.25) is 0 Å². The molecule has 1 rings (SSSR count). The molecular weight excluding hydrogens is 128 g/mol. The summed E-state index contributed by atoms with van der Waals surface area (Å²) in [6, 6.07) is 0. The Labute approximate surface area is 61.1 Å². The lowest BCUT2D eigenvalue weighted by Crippen LogP contribution is -1.96. The molecule has 0 aromatic rings. The van der Waals surface area contributed by atoms with E-state index in [4.69, 9.17) is 9.47 Å². The highest BCUT2D eigenvalue weighted by Crippen LogP contribution is 1.86. The van der Waals surface area contributed by atoms with Crippen molar-refractivity contribution in [1.29, 1.82) is 0 Å². The Morgan fingerprint density at radius 2 is 0.900 bits per heavy atom. The Kier molecular flexibility index (Phi) is 3.91. The second-order valence-corrected chi connectivity index (χ2v) is 2.02. The summed E-state index contributed by atoms with van der Waals surface area (Å²) in [5.74, 6) is 0. The minimum Gasteiger partial charge on any atom is -0.373 e. The quantitative estimate of drug-likeness (QED) is 0.470. The van der Waals surface area contributed by atoms with Crippen LogP contribution in [0, 0.1) is 0 Å². The van der Waals surface area contributed by atoms with Gasteiger partial charge in [-0.3, -0.25) is 0 Å². The van der Waals surface area contributed by atoms with Gasteiger partial charge in [-0.2, -0.15) is 0 Å². The molecule has 0 bridgehead atoms. The van der Waals surface area contributed by atoms with Gasteiger partial charge in [0.25, 0.3) is 0 Å². The lowest BCUT2D eigenvalue weighted by Gasteiger charge is -1.99. The van der Waals surface area contributed by atoms with Gasteiger partial charge in [0.05, 0.1) is 26.4 Å². The third-order valence-electron chi connectivity index (χ3n) is 1.19. The highest BCUT2D eigenvalue weighted by Gasteiger charge is 1.83. The van der Waals surface area contributed by atoms with Gasteiger partial charge in [0, 0.05) is 0 Å². The summed E-state index contributed by atoms with van der Waals surface area (Å²) in [4.78, 5) is 0. The fraction of sp³-hybridized carbons (Fsp3) is 0.500. The second-order valence-electron chi connectivity index (χ2n) is 2.02. The molecule has 0 aromatic carbocycles. The molecule has 1 aliphatic rings. The first-order valence-corrected chi connectivity index (χ1v) is 3.45. The van der Waals surface area contributed by atoms with Crippen molar-refractivity contribution in [3.63, 3.8) is 0 Å². The van der Waals surface area contributed by atoms with Crippen LogP contribution in [0.15, 0.2) is 24.3 Å². The molecule has 0 amide bonds. The summed E-state index contributed by atoms with van der Waals surface area (Å²) in [7, 11) is 0. The molecule has 1 aliphatic heterocycles. The van der Waals surface area contributed by atoms with E-state index in [1.165, 1.54) is 0 Å². The molecule has 0 radical (unpaired) electrons. The van der Waals surface area contributed by atoms with Crippen molar-refractivity contribution in [2.75, 3.05) is 26.4 Å². The highest BCUT2D eigenvalue weighted by molar-refractivity contribution is 4.86. The normalized spacial score (nSPS) is 27.2. The van der Waals surface area contributed by atoms with Crippen LogP contribution in [0.25, 0.3) is 0 Å². The van der Waals surface area contributed by atoms with Gasteiger partial charge in [-0.1, -0.05) is 24.3 Å². The van der Waals surface area contributed by atoms with Crippen molar-refractivity contribution in [2.45, 2.75) is 0 Å². The van der Waals surface area contributed by atoms with Crippen LogP contribution in [0.3, 0.4) is 0 Å². The largest absolute Gasteiger partial charge is 0.373 e. The minimum absolute atomic E-state index is 0.688. The van der Waals surface area contributed by atoms with Gasteiger partial charge >= 0.3 is 0 Å². The van der Waals surface area contributed by atoms with E-state index in [-0.39, 0.29) is 0 Å². The van der Waals surface area contributed by atoms with Gasteiger partial charge in [0.15, 0.2) is 0 Å². The van der Waals surface area contributed by atoms with E-state index in [9.17, 15) is 0 Å². The first-order valence-electron chi connectivity index (χ1n) is 3.45. The molecule has 0 N–H and O–H groups in total. The van der Waals surface area contributed by atoms with E-state index >= 15 is 0 Å². The van der Waals surface area contributed by atoms with Gasteiger partial charge in [-0.15, -0.1) is 0 Å². The van der Waals surface area contributed by atoms with Crippen LogP contribution >= 0.6 is 0 Å². The monoisotopic (exact) mass is 140 g/mol. The average molecular weight is 140 g/mol. The van der Waals surface area contributed by atoms with Crippen molar-refractivity contribution in [3.8, 4) is 0 Å². The molecule has 1 heterocycles. The summed E-state index contributed by atoms with van der Waals surface area (Å²) < 4.78 is 10.4. The molecule has 0 fully saturated rings. The third-order valence-corrected chi connectivity index (χ3v) is 1.19. The first-order chi connectivity index (χ1) is 5.00. The van der Waals surface area contributed by atoms with Gasteiger partial charge in [-0.25, -0.2) is 0 Å². The number of hydrogen-bond donors (Lipinski definition) is 0. The molecular formula is C8H12O2. The maximum Gasteiger partial charge on any atom is 0.0652 e. The first kappa shape index (κ1) is 7.51. The third kappa shape index (κ3) is 3.43. The summed E-state index contributed by atoms with van der Waals surface area (Å²) in [6.45, 7) is 2.75. The van der Waals surface area contributed by atoms with Crippen LogP contribution < -0.4 is 0 Å². The Morgan fingerprint density at radius 1 is 0.600 bits per heavy atom. The average Bonchev–Trinajstić information content (AvgIpc) is 2.01. The van der Waals surface area contributed by atoms with Gasteiger partial charge in [-0.05, 0) is 0 Å². The van der Waals surface area contributed by atoms with E-state index in [2.05, 4.69) is 0 Å².